The van der Waals surface area contributed by atoms with Crippen molar-refractivity contribution in [2.75, 3.05) is 4.72 Å². The third kappa shape index (κ3) is 3.22. The first kappa shape index (κ1) is 15.4. The van der Waals surface area contributed by atoms with Crippen LogP contribution >= 0.6 is 11.3 Å². The maximum atomic E-state index is 13.5. The van der Waals surface area contributed by atoms with E-state index in [4.69, 9.17) is 0 Å². The zero-order valence-corrected chi connectivity index (χ0v) is 12.0. The fourth-order valence-electron chi connectivity index (χ4n) is 1.43. The Morgan fingerprint density at radius 1 is 1.24 bits per heavy atom. The van der Waals surface area contributed by atoms with Gasteiger partial charge in [0.05, 0.1) is 0 Å². The van der Waals surface area contributed by atoms with Gasteiger partial charge in [0.1, 0.15) is 23.1 Å². The molecule has 2 aromatic rings. The minimum absolute atomic E-state index is 0.0118. The van der Waals surface area contributed by atoms with Crippen LogP contribution in [0.3, 0.4) is 0 Å². The SMILES string of the molecule is CC(=O)c1csc(NS(=O)(=O)c2c(F)cc(F)cc2F)n1. The number of carbonyl (C=O) groups excluding carboxylic acids is 1. The standard InChI is InChI=1S/C11H7F3N2O3S2/c1-5(17)9-4-20-11(15-9)16-21(18,19)10-7(13)2-6(12)3-8(10)14/h2-4H,1H3,(H,15,16). The molecule has 0 aliphatic carbocycles. The molecule has 0 spiro atoms. The fourth-order valence-corrected chi connectivity index (χ4v) is 3.56. The number of halogens is 3. The van der Waals surface area contributed by atoms with Crippen LogP contribution in [-0.4, -0.2) is 19.2 Å². The first-order valence-electron chi connectivity index (χ1n) is 5.34. The second-order valence-corrected chi connectivity index (χ2v) is 6.38. The van der Waals surface area contributed by atoms with Gasteiger partial charge in [-0.25, -0.2) is 26.6 Å². The molecular formula is C11H7F3N2O3S2. The van der Waals surface area contributed by atoms with Crippen LogP contribution in [0, 0.1) is 17.5 Å². The third-order valence-corrected chi connectivity index (χ3v) is 4.59. The van der Waals surface area contributed by atoms with Crippen LogP contribution in [0.4, 0.5) is 18.3 Å². The number of ketones is 1. The van der Waals surface area contributed by atoms with E-state index in [1.807, 2.05) is 4.72 Å². The van der Waals surface area contributed by atoms with Crippen molar-refractivity contribution < 1.29 is 26.4 Å². The lowest BCUT2D eigenvalue weighted by Gasteiger charge is -2.07. The summed E-state index contributed by atoms with van der Waals surface area (Å²) < 4.78 is 65.4. The monoisotopic (exact) mass is 336 g/mol. The number of aromatic nitrogens is 1. The molecule has 0 fully saturated rings. The lowest BCUT2D eigenvalue weighted by atomic mass is 10.3. The molecule has 2 rings (SSSR count). The Labute approximate surface area is 121 Å². The number of thiazole rings is 1. The summed E-state index contributed by atoms with van der Waals surface area (Å²) in [6, 6.07) is 0.501. The summed E-state index contributed by atoms with van der Waals surface area (Å²) in [4.78, 5) is 13.4. The van der Waals surface area contributed by atoms with E-state index in [0.717, 1.165) is 11.3 Å². The van der Waals surface area contributed by atoms with Crippen LogP contribution in [-0.2, 0) is 10.0 Å². The van der Waals surface area contributed by atoms with Gasteiger partial charge < -0.3 is 0 Å². The van der Waals surface area contributed by atoms with E-state index in [1.54, 1.807) is 0 Å². The van der Waals surface area contributed by atoms with E-state index in [2.05, 4.69) is 4.98 Å². The van der Waals surface area contributed by atoms with Gasteiger partial charge in [-0.1, -0.05) is 0 Å². The Balaban J connectivity index is 2.41. The van der Waals surface area contributed by atoms with Crippen LogP contribution in [0.2, 0.25) is 0 Å². The summed E-state index contributed by atoms with van der Waals surface area (Å²) in [5.74, 6) is -4.76. The van der Waals surface area contributed by atoms with E-state index in [9.17, 15) is 26.4 Å². The molecule has 0 saturated carbocycles. The fraction of sp³-hybridized carbons (Fsp3) is 0.0909. The van der Waals surface area contributed by atoms with E-state index >= 15 is 0 Å². The quantitative estimate of drug-likeness (QED) is 0.871. The highest BCUT2D eigenvalue weighted by Gasteiger charge is 2.26. The molecule has 0 amide bonds. The first-order chi connectivity index (χ1) is 9.70. The molecule has 0 bridgehead atoms. The van der Waals surface area contributed by atoms with Crippen LogP contribution in [0.5, 0.6) is 0 Å². The van der Waals surface area contributed by atoms with Crippen LogP contribution in [0.15, 0.2) is 22.4 Å². The second-order valence-electron chi connectivity index (χ2n) is 3.90. The van der Waals surface area contributed by atoms with E-state index in [1.165, 1.54) is 12.3 Å². The van der Waals surface area contributed by atoms with Gasteiger partial charge >= 0.3 is 0 Å². The summed E-state index contributed by atoms with van der Waals surface area (Å²) in [6.45, 7) is 1.23. The van der Waals surface area contributed by atoms with E-state index in [0.29, 0.717) is 0 Å². The predicted molar refractivity (Wildman–Crippen MR) is 69.2 cm³/mol. The van der Waals surface area contributed by atoms with Gasteiger partial charge in [0.15, 0.2) is 15.8 Å². The summed E-state index contributed by atoms with van der Waals surface area (Å²) in [7, 11) is -4.63. The molecule has 112 valence electrons. The number of anilines is 1. The topological polar surface area (TPSA) is 76.1 Å². The zero-order valence-electron chi connectivity index (χ0n) is 10.4. The highest BCUT2D eigenvalue weighted by molar-refractivity contribution is 7.93. The molecule has 21 heavy (non-hydrogen) atoms. The number of nitrogens with zero attached hydrogens (tertiary/aromatic N) is 1. The number of benzene rings is 1. The molecule has 1 heterocycles. The van der Waals surface area contributed by atoms with Gasteiger partial charge in [0.2, 0.25) is 0 Å². The van der Waals surface area contributed by atoms with Crippen molar-refractivity contribution in [3.63, 3.8) is 0 Å². The zero-order chi connectivity index (χ0) is 15.8. The molecular weight excluding hydrogens is 329 g/mol. The van der Waals surface area contributed by atoms with E-state index < -0.39 is 38.2 Å². The van der Waals surface area contributed by atoms with Gasteiger partial charge in [-0.3, -0.25) is 9.52 Å². The molecule has 1 aromatic carbocycles. The molecule has 1 aromatic heterocycles. The average Bonchev–Trinajstić information content (AvgIpc) is 2.74. The normalized spacial score (nSPS) is 11.4. The molecule has 0 atom stereocenters. The van der Waals surface area contributed by atoms with Gasteiger partial charge in [0.25, 0.3) is 10.0 Å². The Morgan fingerprint density at radius 3 is 2.29 bits per heavy atom. The Morgan fingerprint density at radius 2 is 1.81 bits per heavy atom. The number of nitrogens with one attached hydrogen (secondary N) is 1. The van der Waals surface area contributed by atoms with Crippen molar-refractivity contribution in [3.05, 3.63) is 40.7 Å². The van der Waals surface area contributed by atoms with Crippen molar-refractivity contribution >= 4 is 32.3 Å². The molecule has 1 N–H and O–H groups in total. The average molecular weight is 336 g/mol. The minimum Gasteiger partial charge on any atom is -0.293 e. The summed E-state index contributed by atoms with van der Waals surface area (Å²) >= 11 is 0.773. The molecule has 0 saturated heterocycles. The first-order valence-corrected chi connectivity index (χ1v) is 7.71. The van der Waals surface area contributed by atoms with Crippen LogP contribution in [0.25, 0.3) is 0 Å². The number of hydrogen-bond acceptors (Lipinski definition) is 5. The minimum atomic E-state index is -4.63. The predicted octanol–water partition coefficient (Wildman–Crippen LogP) is 2.56. The van der Waals surface area contributed by atoms with Crippen LogP contribution < -0.4 is 4.72 Å². The lowest BCUT2D eigenvalue weighted by molar-refractivity contribution is 0.101. The summed E-state index contributed by atoms with van der Waals surface area (Å²) in [5.41, 5.74) is 0.0118. The second kappa shape index (κ2) is 5.45. The number of carbonyl (C=O) groups is 1. The van der Waals surface area contributed by atoms with Crippen molar-refractivity contribution in [2.24, 2.45) is 0 Å². The Kier molecular flexibility index (Phi) is 4.01. The maximum Gasteiger partial charge on any atom is 0.269 e. The molecule has 0 aliphatic heterocycles. The van der Waals surface area contributed by atoms with Crippen molar-refractivity contribution in [1.29, 1.82) is 0 Å². The van der Waals surface area contributed by atoms with Crippen molar-refractivity contribution in [2.45, 2.75) is 11.8 Å². The van der Waals surface area contributed by atoms with Crippen molar-refractivity contribution in [1.82, 2.24) is 4.98 Å². The number of Topliss-reactive ketones (excluding diaryl/α,β-unsaturated/α-hetero) is 1. The molecule has 0 aliphatic rings. The van der Waals surface area contributed by atoms with Gasteiger partial charge in [0, 0.05) is 24.4 Å². The number of rotatable bonds is 4. The third-order valence-electron chi connectivity index (χ3n) is 2.32. The van der Waals surface area contributed by atoms with Crippen LogP contribution in [0.1, 0.15) is 17.4 Å². The summed E-state index contributed by atoms with van der Waals surface area (Å²) in [6.07, 6.45) is 0. The highest BCUT2D eigenvalue weighted by Crippen LogP contribution is 2.24. The molecule has 0 unspecified atom stereocenters. The van der Waals surface area contributed by atoms with Gasteiger partial charge in [-0.05, 0) is 0 Å². The maximum absolute atomic E-state index is 13.5. The van der Waals surface area contributed by atoms with Crippen molar-refractivity contribution in [3.8, 4) is 0 Å². The molecule has 10 heteroatoms. The molecule has 5 nitrogen and oxygen atoms in total. The van der Waals surface area contributed by atoms with Gasteiger partial charge in [-0.15, -0.1) is 11.3 Å². The molecule has 0 radical (unpaired) electrons. The number of hydrogen-bond donors (Lipinski definition) is 1. The lowest BCUT2D eigenvalue weighted by Crippen LogP contribution is -2.16. The summed E-state index contributed by atoms with van der Waals surface area (Å²) in [5, 5.41) is 1.06. The van der Waals surface area contributed by atoms with E-state index in [-0.39, 0.29) is 23.0 Å². The number of sulfonamides is 1. The largest absolute Gasteiger partial charge is 0.293 e. The van der Waals surface area contributed by atoms with Gasteiger partial charge in [-0.2, -0.15) is 0 Å². The Hall–Kier alpha value is -1.94. The highest BCUT2D eigenvalue weighted by atomic mass is 32.2. The Bertz CT molecular complexity index is 795. The smallest absolute Gasteiger partial charge is 0.269 e.